The summed E-state index contributed by atoms with van der Waals surface area (Å²) in [6.07, 6.45) is -1.65. The van der Waals surface area contributed by atoms with E-state index in [1.54, 1.807) is 45.9 Å². The molecule has 1 unspecified atom stereocenters. The van der Waals surface area contributed by atoms with E-state index >= 15 is 0 Å². The molecule has 0 radical (unpaired) electrons. The van der Waals surface area contributed by atoms with Crippen LogP contribution in [-0.4, -0.2) is 47.1 Å². The molecule has 1 aromatic heterocycles. The number of imide groups is 1. The van der Waals surface area contributed by atoms with Gasteiger partial charge in [-0.05, 0) is 38.0 Å². The Labute approximate surface area is 184 Å². The van der Waals surface area contributed by atoms with Crippen molar-refractivity contribution < 1.29 is 23.9 Å². The Kier molecular flexibility index (Phi) is 8.17. The number of carbonyl (C=O) groups is 3. The molecule has 2 aromatic rings. The largest absolute Gasteiger partial charge is 0.469 e. The summed E-state index contributed by atoms with van der Waals surface area (Å²) < 4.78 is 10.9. The van der Waals surface area contributed by atoms with Gasteiger partial charge in [0.25, 0.3) is 0 Å². The molecule has 2 rings (SSSR count). The Morgan fingerprint density at radius 1 is 1.23 bits per heavy atom. The maximum Gasteiger partial charge on any atom is 0.417 e. The van der Waals surface area contributed by atoms with Gasteiger partial charge in [0.05, 0.1) is 35.9 Å². The lowest BCUT2D eigenvalue weighted by molar-refractivity contribution is -0.143. The van der Waals surface area contributed by atoms with Crippen molar-refractivity contribution in [2.24, 2.45) is 11.7 Å². The number of nitrogens with zero attached hydrogens (tertiary/aromatic N) is 2. The summed E-state index contributed by atoms with van der Waals surface area (Å²) in [7, 11) is 1.23. The minimum absolute atomic E-state index is 0.236. The third kappa shape index (κ3) is 5.68. The minimum Gasteiger partial charge on any atom is -0.469 e. The lowest BCUT2D eigenvalue weighted by Crippen LogP contribution is -2.51. The van der Waals surface area contributed by atoms with Gasteiger partial charge in [0.2, 0.25) is 5.91 Å². The summed E-state index contributed by atoms with van der Waals surface area (Å²) in [6.45, 7) is 6.86. The van der Waals surface area contributed by atoms with Crippen LogP contribution < -0.4 is 5.73 Å². The fourth-order valence-electron chi connectivity index (χ4n) is 2.67. The van der Waals surface area contributed by atoms with Gasteiger partial charge in [0.15, 0.2) is 0 Å². The molecule has 0 bridgehead atoms. The van der Waals surface area contributed by atoms with E-state index in [2.05, 4.69) is 4.98 Å². The number of aromatic nitrogens is 1. The first-order valence-electron chi connectivity index (χ1n) is 9.47. The van der Waals surface area contributed by atoms with Crippen LogP contribution in [0.3, 0.4) is 0 Å². The fourth-order valence-corrected chi connectivity index (χ4v) is 3.87. The topological polar surface area (TPSA) is 112 Å². The lowest BCUT2D eigenvalue weighted by Gasteiger charge is -2.31. The highest BCUT2D eigenvalue weighted by atomic mass is 35.5. The molecule has 0 saturated heterocycles. The predicted molar refractivity (Wildman–Crippen MR) is 115 cm³/mol. The molecule has 0 aliphatic carbocycles. The van der Waals surface area contributed by atoms with Crippen molar-refractivity contribution in [2.45, 2.75) is 52.3 Å². The van der Waals surface area contributed by atoms with Crippen LogP contribution in [0, 0.1) is 5.92 Å². The summed E-state index contributed by atoms with van der Waals surface area (Å²) in [5.74, 6) is -1.49. The Balaban J connectivity index is 2.59. The molecule has 1 aromatic carbocycles. The van der Waals surface area contributed by atoms with Gasteiger partial charge in [-0.3, -0.25) is 9.59 Å². The monoisotopic (exact) mass is 455 g/mol. The number of hydrogen-bond acceptors (Lipinski definition) is 8. The van der Waals surface area contributed by atoms with Gasteiger partial charge >= 0.3 is 12.1 Å². The molecule has 0 saturated carbocycles. The highest BCUT2D eigenvalue weighted by Crippen LogP contribution is 2.34. The normalized spacial score (nSPS) is 13.4. The second-order valence-electron chi connectivity index (χ2n) is 7.37. The molecule has 30 heavy (non-hydrogen) atoms. The number of thiazole rings is 1. The molecular weight excluding hydrogens is 430 g/mol. The number of nitrogens with two attached hydrogens (primary N) is 1. The van der Waals surface area contributed by atoms with Crippen molar-refractivity contribution in [1.29, 1.82) is 0 Å². The third-order valence-corrected chi connectivity index (χ3v) is 5.70. The number of methoxy groups -OCH3 is 1. The zero-order valence-corrected chi connectivity index (χ0v) is 19.1. The minimum atomic E-state index is -1.03. The van der Waals surface area contributed by atoms with Crippen molar-refractivity contribution >= 4 is 51.1 Å². The van der Waals surface area contributed by atoms with Crippen LogP contribution in [0.25, 0.3) is 10.2 Å². The van der Waals surface area contributed by atoms with Gasteiger partial charge in [-0.1, -0.05) is 25.4 Å². The Morgan fingerprint density at radius 3 is 2.47 bits per heavy atom. The smallest absolute Gasteiger partial charge is 0.417 e. The van der Waals surface area contributed by atoms with Crippen molar-refractivity contribution in [2.75, 3.05) is 7.11 Å². The first-order valence-corrected chi connectivity index (χ1v) is 10.7. The lowest BCUT2D eigenvalue weighted by atomic mass is 10.0. The SMILES string of the molecule is COC(=O)CC(c1nc2cc(Cl)ccc2s1)N(C(=O)OC(C)C)C(=O)[C@@H](N)C(C)C. The van der Waals surface area contributed by atoms with E-state index in [0.29, 0.717) is 15.5 Å². The summed E-state index contributed by atoms with van der Waals surface area (Å²) in [6, 6.07) is 3.17. The number of halogens is 1. The quantitative estimate of drug-likeness (QED) is 0.629. The van der Waals surface area contributed by atoms with Crippen molar-refractivity contribution in [3.05, 3.63) is 28.2 Å². The molecule has 2 N–H and O–H groups in total. The van der Waals surface area contributed by atoms with E-state index in [-0.39, 0.29) is 12.3 Å². The molecule has 2 amide bonds. The highest BCUT2D eigenvalue weighted by molar-refractivity contribution is 7.18. The van der Waals surface area contributed by atoms with Crippen molar-refractivity contribution in [3.63, 3.8) is 0 Å². The van der Waals surface area contributed by atoms with Gasteiger partial charge in [-0.2, -0.15) is 0 Å². The molecular formula is C20H26ClN3O5S. The van der Waals surface area contributed by atoms with E-state index in [1.165, 1.54) is 18.4 Å². The Bertz CT molecular complexity index is 930. The summed E-state index contributed by atoms with van der Waals surface area (Å²) >= 11 is 7.30. The van der Waals surface area contributed by atoms with Crippen LogP contribution in [0.1, 0.15) is 45.2 Å². The number of hydrogen-bond donors (Lipinski definition) is 1. The number of amides is 2. The Hall–Kier alpha value is -2.23. The van der Waals surface area contributed by atoms with Crippen LogP contribution >= 0.6 is 22.9 Å². The number of benzene rings is 1. The van der Waals surface area contributed by atoms with Crippen molar-refractivity contribution in [1.82, 2.24) is 9.88 Å². The van der Waals surface area contributed by atoms with E-state index in [0.717, 1.165) is 9.60 Å². The maximum absolute atomic E-state index is 13.2. The number of ether oxygens (including phenoxy) is 2. The zero-order valence-electron chi connectivity index (χ0n) is 17.5. The third-order valence-electron chi connectivity index (χ3n) is 4.32. The molecule has 0 spiro atoms. The number of rotatable bonds is 7. The average molecular weight is 456 g/mol. The first kappa shape index (κ1) is 24.0. The summed E-state index contributed by atoms with van der Waals surface area (Å²) in [4.78, 5) is 43.6. The van der Waals surface area contributed by atoms with Gasteiger partial charge in [0.1, 0.15) is 11.0 Å². The van der Waals surface area contributed by atoms with Gasteiger partial charge in [0, 0.05) is 5.02 Å². The van der Waals surface area contributed by atoms with Crippen molar-refractivity contribution in [3.8, 4) is 0 Å². The van der Waals surface area contributed by atoms with E-state index in [1.807, 2.05) is 0 Å². The van der Waals surface area contributed by atoms with Crippen LogP contribution in [0.2, 0.25) is 5.02 Å². The first-order chi connectivity index (χ1) is 14.0. The molecule has 0 fully saturated rings. The number of esters is 1. The van der Waals surface area contributed by atoms with Gasteiger partial charge in [-0.25, -0.2) is 14.7 Å². The molecule has 164 valence electrons. The second kappa shape index (κ2) is 10.2. The average Bonchev–Trinajstić information content (AvgIpc) is 3.08. The molecule has 0 aliphatic heterocycles. The molecule has 10 heteroatoms. The fraction of sp³-hybridized carbons (Fsp3) is 0.500. The maximum atomic E-state index is 13.2. The predicted octanol–water partition coefficient (Wildman–Crippen LogP) is 3.91. The second-order valence-corrected chi connectivity index (χ2v) is 8.87. The van der Waals surface area contributed by atoms with E-state index < -0.39 is 36.2 Å². The van der Waals surface area contributed by atoms with Gasteiger partial charge < -0.3 is 15.2 Å². The number of carbonyl (C=O) groups excluding carboxylic acids is 3. The van der Waals surface area contributed by atoms with Crippen LogP contribution in [0.4, 0.5) is 4.79 Å². The van der Waals surface area contributed by atoms with Crippen LogP contribution in [0.5, 0.6) is 0 Å². The molecule has 8 nitrogen and oxygen atoms in total. The Morgan fingerprint density at radius 2 is 1.90 bits per heavy atom. The summed E-state index contributed by atoms with van der Waals surface area (Å²) in [5, 5.41) is 0.875. The zero-order chi connectivity index (χ0) is 22.6. The molecule has 0 aliphatic rings. The molecule has 2 atom stereocenters. The van der Waals surface area contributed by atoms with E-state index in [4.69, 9.17) is 26.8 Å². The molecule has 1 heterocycles. The summed E-state index contributed by atoms with van der Waals surface area (Å²) in [5.41, 5.74) is 6.65. The van der Waals surface area contributed by atoms with Gasteiger partial charge in [-0.15, -0.1) is 11.3 Å². The van der Waals surface area contributed by atoms with Crippen LogP contribution in [-0.2, 0) is 19.1 Å². The van der Waals surface area contributed by atoms with Crippen LogP contribution in [0.15, 0.2) is 18.2 Å². The number of fused-ring (bicyclic) bond motifs is 1. The standard InChI is InChI=1S/C20H26ClN3O5S/c1-10(2)17(22)19(26)24(20(27)29-11(3)4)14(9-16(25)28-5)18-23-13-8-12(21)6-7-15(13)30-18/h6-8,10-11,14,17H,9,22H2,1-5H3/t14?,17-/m0/s1. The van der Waals surface area contributed by atoms with E-state index in [9.17, 15) is 14.4 Å². The highest BCUT2D eigenvalue weighted by Gasteiger charge is 2.39.